The van der Waals surface area contributed by atoms with Crippen LogP contribution in [-0.2, 0) is 19.3 Å². The van der Waals surface area contributed by atoms with Crippen LogP contribution in [-0.4, -0.2) is 32.5 Å². The van der Waals surface area contributed by atoms with Gasteiger partial charge in [0.25, 0.3) is 0 Å². The molecule has 0 fully saturated rings. The van der Waals surface area contributed by atoms with Crippen molar-refractivity contribution in [2.24, 2.45) is 0 Å². The van der Waals surface area contributed by atoms with Gasteiger partial charge in [-0.05, 0) is 29.3 Å². The van der Waals surface area contributed by atoms with E-state index < -0.39 is 11.7 Å². The van der Waals surface area contributed by atoms with Crippen LogP contribution >= 0.6 is 0 Å². The summed E-state index contributed by atoms with van der Waals surface area (Å²) in [7, 11) is 1.58. The van der Waals surface area contributed by atoms with Crippen molar-refractivity contribution in [1.29, 1.82) is 0 Å². The average molecular weight is 389 g/mol. The van der Waals surface area contributed by atoms with Gasteiger partial charge in [0.2, 0.25) is 0 Å². The van der Waals surface area contributed by atoms with E-state index in [1.165, 1.54) is 17.0 Å². The molecule has 0 bridgehead atoms. The third-order valence-electron chi connectivity index (χ3n) is 4.07. The number of nitrogens with one attached hydrogen (secondary N) is 1. The summed E-state index contributed by atoms with van der Waals surface area (Å²) in [4.78, 5) is 21.9. The number of alkyl halides is 3. The molecule has 1 aromatic carbocycles. The fraction of sp³-hybridized carbons (Fsp3) is 0.211. The van der Waals surface area contributed by atoms with E-state index in [9.17, 15) is 18.0 Å². The van der Waals surface area contributed by atoms with Gasteiger partial charge in [0, 0.05) is 38.7 Å². The number of nitrogens with zero attached hydrogens (tertiary/aromatic N) is 4. The Balaban J connectivity index is 1.51. The van der Waals surface area contributed by atoms with Crippen LogP contribution in [0, 0.1) is 0 Å². The second-order valence-electron chi connectivity index (χ2n) is 6.20. The molecule has 0 aliphatic heterocycles. The summed E-state index contributed by atoms with van der Waals surface area (Å²) in [5.74, 6) is 0.715. The predicted molar refractivity (Wildman–Crippen MR) is 96.5 cm³/mol. The highest BCUT2D eigenvalue weighted by molar-refractivity contribution is 5.73. The van der Waals surface area contributed by atoms with Crippen LogP contribution in [0.2, 0.25) is 0 Å². The SMILES string of the molecule is CN(Cc1ccc(C(F)(F)F)cc1)C(=O)NCc1ccc(-n2ccnc2)nc1. The number of aromatic nitrogens is 3. The van der Waals surface area contributed by atoms with E-state index in [1.54, 1.807) is 36.5 Å². The van der Waals surface area contributed by atoms with Crippen LogP contribution in [0.5, 0.6) is 0 Å². The Morgan fingerprint density at radius 2 is 1.86 bits per heavy atom. The van der Waals surface area contributed by atoms with E-state index in [4.69, 9.17) is 0 Å². The van der Waals surface area contributed by atoms with Crippen LogP contribution in [0.1, 0.15) is 16.7 Å². The van der Waals surface area contributed by atoms with E-state index in [1.807, 2.05) is 12.1 Å². The number of pyridine rings is 1. The van der Waals surface area contributed by atoms with Crippen molar-refractivity contribution in [1.82, 2.24) is 24.8 Å². The minimum absolute atomic E-state index is 0.196. The van der Waals surface area contributed by atoms with Gasteiger partial charge in [-0.1, -0.05) is 18.2 Å². The molecule has 0 aliphatic rings. The van der Waals surface area contributed by atoms with Crippen LogP contribution in [0.3, 0.4) is 0 Å². The molecule has 9 heteroatoms. The molecule has 146 valence electrons. The Bertz CT molecular complexity index is 906. The van der Waals surface area contributed by atoms with E-state index >= 15 is 0 Å². The molecule has 0 saturated heterocycles. The lowest BCUT2D eigenvalue weighted by Crippen LogP contribution is -2.36. The van der Waals surface area contributed by atoms with Crippen LogP contribution in [0.15, 0.2) is 61.3 Å². The zero-order chi connectivity index (χ0) is 20.1. The zero-order valence-electron chi connectivity index (χ0n) is 15.0. The van der Waals surface area contributed by atoms with Crippen molar-refractivity contribution in [3.8, 4) is 5.82 Å². The maximum absolute atomic E-state index is 12.6. The van der Waals surface area contributed by atoms with Gasteiger partial charge >= 0.3 is 12.2 Å². The number of benzene rings is 1. The smallest absolute Gasteiger partial charge is 0.334 e. The number of carbonyl (C=O) groups excluding carboxylic acids is 1. The van der Waals surface area contributed by atoms with Crippen molar-refractivity contribution in [2.45, 2.75) is 19.3 Å². The van der Waals surface area contributed by atoms with E-state index in [2.05, 4.69) is 15.3 Å². The fourth-order valence-corrected chi connectivity index (χ4v) is 2.53. The van der Waals surface area contributed by atoms with Crippen LogP contribution in [0.25, 0.3) is 5.82 Å². The lowest BCUT2D eigenvalue weighted by molar-refractivity contribution is -0.137. The number of hydrogen-bond acceptors (Lipinski definition) is 3. The molecule has 2 amide bonds. The Labute approximate surface area is 159 Å². The molecule has 1 N–H and O–H groups in total. The normalized spacial score (nSPS) is 11.3. The first kappa shape index (κ1) is 19.4. The summed E-state index contributed by atoms with van der Waals surface area (Å²) >= 11 is 0. The minimum Gasteiger partial charge on any atom is -0.334 e. The molecule has 28 heavy (non-hydrogen) atoms. The Morgan fingerprint density at radius 3 is 2.43 bits per heavy atom. The first-order valence-corrected chi connectivity index (χ1v) is 8.41. The first-order chi connectivity index (χ1) is 13.3. The zero-order valence-corrected chi connectivity index (χ0v) is 15.0. The maximum atomic E-state index is 12.6. The van der Waals surface area contributed by atoms with Crippen LogP contribution in [0.4, 0.5) is 18.0 Å². The number of amides is 2. The average Bonchev–Trinajstić information content (AvgIpc) is 3.21. The van der Waals surface area contributed by atoms with Crippen molar-refractivity contribution in [3.05, 3.63) is 78.0 Å². The molecule has 0 unspecified atom stereocenters. The van der Waals surface area contributed by atoms with Gasteiger partial charge in [0.05, 0.1) is 5.56 Å². The van der Waals surface area contributed by atoms with Gasteiger partial charge in [-0.3, -0.25) is 4.57 Å². The quantitative estimate of drug-likeness (QED) is 0.725. The largest absolute Gasteiger partial charge is 0.416 e. The molecule has 2 aromatic heterocycles. The monoisotopic (exact) mass is 389 g/mol. The highest BCUT2D eigenvalue weighted by Crippen LogP contribution is 2.29. The summed E-state index contributed by atoms with van der Waals surface area (Å²) in [5, 5.41) is 2.76. The number of carbonyl (C=O) groups is 1. The molecule has 2 heterocycles. The van der Waals surface area contributed by atoms with E-state index in [0.29, 0.717) is 11.4 Å². The van der Waals surface area contributed by atoms with Gasteiger partial charge in [0.15, 0.2) is 0 Å². The first-order valence-electron chi connectivity index (χ1n) is 8.41. The fourth-order valence-electron chi connectivity index (χ4n) is 2.53. The van der Waals surface area contributed by atoms with Gasteiger partial charge in [-0.25, -0.2) is 14.8 Å². The maximum Gasteiger partial charge on any atom is 0.416 e. The number of hydrogen-bond donors (Lipinski definition) is 1. The summed E-state index contributed by atoms with van der Waals surface area (Å²) < 4.78 is 39.5. The van der Waals surface area contributed by atoms with E-state index in [-0.39, 0.29) is 19.1 Å². The van der Waals surface area contributed by atoms with Gasteiger partial charge in [-0.2, -0.15) is 13.2 Å². The molecule has 0 atom stereocenters. The number of urea groups is 1. The van der Waals surface area contributed by atoms with Crippen molar-refractivity contribution >= 4 is 6.03 Å². The van der Waals surface area contributed by atoms with E-state index in [0.717, 1.165) is 17.7 Å². The molecule has 0 aliphatic carbocycles. The Kier molecular flexibility index (Phi) is 5.62. The van der Waals surface area contributed by atoms with Gasteiger partial charge in [0.1, 0.15) is 12.1 Å². The van der Waals surface area contributed by atoms with Gasteiger partial charge in [-0.15, -0.1) is 0 Å². The van der Waals surface area contributed by atoms with Crippen molar-refractivity contribution in [3.63, 3.8) is 0 Å². The second kappa shape index (κ2) is 8.12. The minimum atomic E-state index is -4.37. The summed E-state index contributed by atoms with van der Waals surface area (Å²) in [6.45, 7) is 0.481. The highest BCUT2D eigenvalue weighted by atomic mass is 19.4. The lowest BCUT2D eigenvalue weighted by atomic mass is 10.1. The van der Waals surface area contributed by atoms with Crippen molar-refractivity contribution in [2.75, 3.05) is 7.05 Å². The lowest BCUT2D eigenvalue weighted by Gasteiger charge is -2.18. The summed E-state index contributed by atoms with van der Waals surface area (Å²) in [6.07, 6.45) is 2.36. The summed E-state index contributed by atoms with van der Waals surface area (Å²) in [5.41, 5.74) is 0.715. The molecule has 3 aromatic rings. The van der Waals surface area contributed by atoms with Gasteiger partial charge < -0.3 is 10.2 Å². The Morgan fingerprint density at radius 1 is 1.14 bits per heavy atom. The molecular weight excluding hydrogens is 371 g/mol. The summed E-state index contributed by atoms with van der Waals surface area (Å²) in [6, 6.07) is 8.08. The topological polar surface area (TPSA) is 63.1 Å². The Hall–Kier alpha value is -3.36. The molecule has 0 spiro atoms. The van der Waals surface area contributed by atoms with Crippen molar-refractivity contribution < 1.29 is 18.0 Å². The standard InChI is InChI=1S/C19H18F3N5O/c1-26(12-14-2-5-16(6-3-14)19(20,21)22)18(28)25-11-15-4-7-17(24-10-15)27-9-8-23-13-27/h2-10,13H,11-12H2,1H3,(H,25,28). The number of imidazole rings is 1. The second-order valence-corrected chi connectivity index (χ2v) is 6.20. The molecule has 0 saturated carbocycles. The molecular formula is C19H18F3N5O. The predicted octanol–water partition coefficient (Wildman–Crippen LogP) is 3.63. The third-order valence-corrected chi connectivity index (χ3v) is 4.07. The number of halogens is 3. The molecule has 6 nitrogen and oxygen atoms in total. The molecule has 0 radical (unpaired) electrons. The number of rotatable bonds is 5. The highest BCUT2D eigenvalue weighted by Gasteiger charge is 2.29. The van der Waals surface area contributed by atoms with Crippen LogP contribution < -0.4 is 5.32 Å². The molecule has 3 rings (SSSR count). The third kappa shape index (κ3) is 4.87.